The number of carbonyl (C=O) groups excluding carboxylic acids is 2. The van der Waals surface area contributed by atoms with Crippen LogP contribution in [0, 0.1) is 0 Å². The zero-order chi connectivity index (χ0) is 30.2. The van der Waals surface area contributed by atoms with Crippen LogP contribution in [-0.4, -0.2) is 78.8 Å². The third kappa shape index (κ3) is 6.89. The van der Waals surface area contributed by atoms with Crippen molar-refractivity contribution in [2.45, 2.75) is 38.0 Å². The number of methoxy groups -OCH3 is 3. The summed E-state index contributed by atoms with van der Waals surface area (Å²) in [5, 5.41) is 11.5. The van der Waals surface area contributed by atoms with Gasteiger partial charge in [-0.15, -0.1) is 5.10 Å². The molecule has 0 spiro atoms. The van der Waals surface area contributed by atoms with Crippen LogP contribution in [0.2, 0.25) is 0 Å². The predicted octanol–water partition coefficient (Wildman–Crippen LogP) is 3.56. The smallest absolute Gasteiger partial charge is 0.247 e. The van der Waals surface area contributed by atoms with Crippen molar-refractivity contribution in [3.05, 3.63) is 77.9 Å². The lowest BCUT2D eigenvalue weighted by Gasteiger charge is -2.32. The number of fused-ring (bicyclic) bond motifs is 1. The van der Waals surface area contributed by atoms with E-state index < -0.39 is 6.04 Å². The highest BCUT2D eigenvalue weighted by atomic mass is 16.5. The third-order valence-corrected chi connectivity index (χ3v) is 7.60. The van der Waals surface area contributed by atoms with Gasteiger partial charge in [-0.05, 0) is 54.7 Å². The third-order valence-electron chi connectivity index (χ3n) is 7.60. The average Bonchev–Trinajstić information content (AvgIpc) is 3.72. The average molecular weight is 588 g/mol. The summed E-state index contributed by atoms with van der Waals surface area (Å²) in [6.45, 7) is 1.18. The summed E-state index contributed by atoms with van der Waals surface area (Å²) in [6.07, 6.45) is 2.28. The maximum Gasteiger partial charge on any atom is 0.247 e. The molecule has 5 rings (SSSR count). The molecule has 11 nitrogen and oxygen atoms in total. The number of hydrogen-bond donors (Lipinski definition) is 1. The maximum absolute atomic E-state index is 14.2. The van der Waals surface area contributed by atoms with E-state index in [9.17, 15) is 9.59 Å². The van der Waals surface area contributed by atoms with Crippen LogP contribution in [0.25, 0.3) is 11.0 Å². The molecule has 3 aromatic carbocycles. The summed E-state index contributed by atoms with van der Waals surface area (Å²) in [4.78, 5) is 29.9. The predicted molar refractivity (Wildman–Crippen MR) is 160 cm³/mol. The SMILES string of the molecule is COc1cc([C@@H](C(=O)NC[C@@H]2CCCO2)N(CCc2ccccc2)C(=O)Cn2nnc3ccccc32)cc(OC)c1OC. The molecule has 2 atom stereocenters. The number of ether oxygens (including phenoxy) is 4. The lowest BCUT2D eigenvalue weighted by atomic mass is 10.0. The van der Waals surface area contributed by atoms with Crippen LogP contribution < -0.4 is 19.5 Å². The van der Waals surface area contributed by atoms with Crippen LogP contribution in [-0.2, 0) is 27.3 Å². The van der Waals surface area contributed by atoms with Crippen molar-refractivity contribution in [1.29, 1.82) is 0 Å². The Morgan fingerprint density at radius 3 is 2.42 bits per heavy atom. The number of rotatable bonds is 13. The Morgan fingerprint density at radius 2 is 1.74 bits per heavy atom. The topological polar surface area (TPSA) is 117 Å². The van der Waals surface area contributed by atoms with E-state index in [4.69, 9.17) is 18.9 Å². The van der Waals surface area contributed by atoms with Gasteiger partial charge < -0.3 is 29.2 Å². The van der Waals surface area contributed by atoms with Crippen LogP contribution in [0.3, 0.4) is 0 Å². The fourth-order valence-electron chi connectivity index (χ4n) is 5.39. The molecule has 0 unspecified atom stereocenters. The summed E-state index contributed by atoms with van der Waals surface area (Å²) in [5.74, 6) is 0.522. The highest BCUT2D eigenvalue weighted by Gasteiger charge is 2.34. The van der Waals surface area contributed by atoms with E-state index in [-0.39, 0.29) is 31.0 Å². The summed E-state index contributed by atoms with van der Waals surface area (Å²) < 4.78 is 24.1. The summed E-state index contributed by atoms with van der Waals surface area (Å²) in [7, 11) is 4.55. The summed E-state index contributed by atoms with van der Waals surface area (Å²) in [6, 6.07) is 19.7. The maximum atomic E-state index is 14.2. The van der Waals surface area contributed by atoms with E-state index in [0.29, 0.717) is 47.9 Å². The molecule has 226 valence electrons. The van der Waals surface area contributed by atoms with Crippen LogP contribution in [0.1, 0.15) is 30.0 Å². The monoisotopic (exact) mass is 587 g/mol. The van der Waals surface area contributed by atoms with E-state index in [1.165, 1.54) is 21.3 Å². The molecule has 2 amide bonds. The Morgan fingerprint density at radius 1 is 1.02 bits per heavy atom. The quantitative estimate of drug-likeness (QED) is 0.252. The molecule has 1 aromatic heterocycles. The number of amides is 2. The first-order chi connectivity index (χ1) is 21.0. The van der Waals surface area contributed by atoms with Crippen LogP contribution in [0.5, 0.6) is 17.2 Å². The van der Waals surface area contributed by atoms with Gasteiger partial charge in [0.05, 0.1) is 33.0 Å². The highest BCUT2D eigenvalue weighted by Crippen LogP contribution is 2.41. The van der Waals surface area contributed by atoms with Crippen molar-refractivity contribution in [3.8, 4) is 17.2 Å². The highest BCUT2D eigenvalue weighted by molar-refractivity contribution is 5.89. The van der Waals surface area contributed by atoms with Crippen molar-refractivity contribution in [3.63, 3.8) is 0 Å². The minimum atomic E-state index is -1.01. The first-order valence-corrected chi connectivity index (χ1v) is 14.3. The van der Waals surface area contributed by atoms with Crippen molar-refractivity contribution >= 4 is 22.8 Å². The van der Waals surface area contributed by atoms with Gasteiger partial charge >= 0.3 is 0 Å². The second-order valence-corrected chi connectivity index (χ2v) is 10.3. The van der Waals surface area contributed by atoms with Gasteiger partial charge in [-0.1, -0.05) is 47.7 Å². The molecule has 4 aromatic rings. The molecule has 11 heteroatoms. The van der Waals surface area contributed by atoms with Crippen molar-refractivity contribution in [2.24, 2.45) is 0 Å². The Bertz CT molecular complexity index is 1510. The standard InChI is InChI=1S/C32H37N5O6/c1-40-27-18-23(19-28(41-2)31(27)42-3)30(32(39)33-20-24-12-9-17-43-24)36(16-15-22-10-5-4-6-11-22)29(38)21-37-26-14-8-7-13-25(26)34-35-37/h4-8,10-11,13-14,18-19,24,30H,9,12,15-17,20-21H2,1-3H3,(H,33,39)/t24-,30-/m0/s1. The van der Waals surface area contributed by atoms with E-state index >= 15 is 0 Å². The van der Waals surface area contributed by atoms with Gasteiger partial charge in [-0.3, -0.25) is 9.59 Å². The molecular weight excluding hydrogens is 550 g/mol. The minimum Gasteiger partial charge on any atom is -0.493 e. The molecule has 1 fully saturated rings. The van der Waals surface area contributed by atoms with Crippen LogP contribution in [0.4, 0.5) is 0 Å². The summed E-state index contributed by atoms with van der Waals surface area (Å²) in [5.41, 5.74) is 2.96. The number of benzene rings is 3. The Labute approximate surface area is 250 Å². The van der Waals surface area contributed by atoms with E-state index in [2.05, 4.69) is 15.6 Å². The number of aromatic nitrogens is 3. The molecule has 1 aliphatic rings. The van der Waals surface area contributed by atoms with Gasteiger partial charge in [-0.25, -0.2) is 4.68 Å². The first kappa shape index (κ1) is 29.8. The Kier molecular flexibility index (Phi) is 9.73. The zero-order valence-corrected chi connectivity index (χ0v) is 24.7. The van der Waals surface area contributed by atoms with Gasteiger partial charge in [0.25, 0.3) is 0 Å². The number of hydrogen-bond acceptors (Lipinski definition) is 8. The minimum absolute atomic E-state index is 0.0699. The normalized spacial score (nSPS) is 15.2. The van der Waals surface area contributed by atoms with E-state index in [1.807, 2.05) is 54.6 Å². The lowest BCUT2D eigenvalue weighted by molar-refractivity contribution is -0.141. The molecule has 1 aliphatic heterocycles. The first-order valence-electron chi connectivity index (χ1n) is 14.3. The van der Waals surface area contributed by atoms with Gasteiger partial charge in [0, 0.05) is 19.7 Å². The van der Waals surface area contributed by atoms with E-state index in [1.54, 1.807) is 21.7 Å². The number of para-hydroxylation sites is 1. The van der Waals surface area contributed by atoms with Crippen LogP contribution >= 0.6 is 0 Å². The molecule has 2 heterocycles. The molecule has 43 heavy (non-hydrogen) atoms. The lowest BCUT2D eigenvalue weighted by Crippen LogP contribution is -2.47. The molecule has 0 aliphatic carbocycles. The van der Waals surface area contributed by atoms with Gasteiger partial charge in [-0.2, -0.15) is 0 Å². The van der Waals surface area contributed by atoms with Crippen molar-refractivity contribution < 1.29 is 28.5 Å². The molecule has 0 saturated carbocycles. The van der Waals surface area contributed by atoms with Gasteiger partial charge in [0.2, 0.25) is 17.6 Å². The van der Waals surface area contributed by atoms with Crippen LogP contribution in [0.15, 0.2) is 66.7 Å². The largest absolute Gasteiger partial charge is 0.493 e. The molecular formula is C32H37N5O6. The second kappa shape index (κ2) is 14.0. The number of carbonyl (C=O) groups is 2. The fourth-order valence-corrected chi connectivity index (χ4v) is 5.39. The molecule has 0 bridgehead atoms. The van der Waals surface area contributed by atoms with E-state index in [0.717, 1.165) is 23.9 Å². The fraction of sp³-hybridized carbons (Fsp3) is 0.375. The Balaban J connectivity index is 1.55. The van der Waals surface area contributed by atoms with Gasteiger partial charge in [0.1, 0.15) is 18.1 Å². The molecule has 1 N–H and O–H groups in total. The Hall–Kier alpha value is -4.64. The number of nitrogens with one attached hydrogen (secondary N) is 1. The molecule has 0 radical (unpaired) electrons. The zero-order valence-electron chi connectivity index (χ0n) is 24.7. The van der Waals surface area contributed by atoms with Crippen molar-refractivity contribution in [2.75, 3.05) is 41.0 Å². The van der Waals surface area contributed by atoms with Gasteiger partial charge in [0.15, 0.2) is 11.5 Å². The second-order valence-electron chi connectivity index (χ2n) is 10.3. The molecule has 1 saturated heterocycles. The summed E-state index contributed by atoms with van der Waals surface area (Å²) >= 11 is 0. The number of nitrogens with zero attached hydrogens (tertiary/aromatic N) is 4. The van der Waals surface area contributed by atoms with Crippen molar-refractivity contribution in [1.82, 2.24) is 25.2 Å².